The summed E-state index contributed by atoms with van der Waals surface area (Å²) in [4.78, 5) is 1.95. The molecule has 1 fully saturated rings. The first-order valence-corrected chi connectivity index (χ1v) is 8.23. The van der Waals surface area contributed by atoms with Gasteiger partial charge in [0.2, 0.25) is 10.0 Å². The maximum absolute atomic E-state index is 12.2. The summed E-state index contributed by atoms with van der Waals surface area (Å²) in [7, 11) is 0.629. The van der Waals surface area contributed by atoms with E-state index < -0.39 is 10.0 Å². The highest BCUT2D eigenvalue weighted by atomic mass is 32.2. The molecule has 1 saturated carbocycles. The molecule has 108 valence electrons. The zero-order valence-corrected chi connectivity index (χ0v) is 12.3. The van der Waals surface area contributed by atoms with Gasteiger partial charge in [0.15, 0.2) is 0 Å². The standard InChI is InChI=1S/C13H22N2O3S/c1-15(2)12(13-8-5-9-18-13)10-14-19(16,17)11-6-3-4-7-11/h5,8-9,11-12,14H,3-4,6-7,10H2,1-2H3. The number of sulfonamides is 1. The van der Waals surface area contributed by atoms with Crippen LogP contribution in [0.25, 0.3) is 0 Å². The van der Waals surface area contributed by atoms with E-state index in [1.54, 1.807) is 6.26 Å². The summed E-state index contributed by atoms with van der Waals surface area (Å²) in [6.07, 6.45) is 5.20. The molecule has 0 aromatic carbocycles. The van der Waals surface area contributed by atoms with Crippen LogP contribution in [0.15, 0.2) is 22.8 Å². The summed E-state index contributed by atoms with van der Waals surface area (Å²) in [5.74, 6) is 0.777. The topological polar surface area (TPSA) is 62.6 Å². The van der Waals surface area contributed by atoms with Crippen LogP contribution in [-0.2, 0) is 10.0 Å². The molecule has 1 atom stereocenters. The number of nitrogens with one attached hydrogen (secondary N) is 1. The summed E-state index contributed by atoms with van der Waals surface area (Å²) in [6, 6.07) is 3.61. The van der Waals surface area contributed by atoms with Gasteiger partial charge < -0.3 is 4.42 Å². The van der Waals surface area contributed by atoms with Crippen LogP contribution < -0.4 is 4.72 Å². The van der Waals surface area contributed by atoms with Gasteiger partial charge in [-0.3, -0.25) is 4.90 Å². The summed E-state index contributed by atoms with van der Waals surface area (Å²) in [5, 5.41) is -0.216. The number of likely N-dealkylation sites (N-methyl/N-ethyl adjacent to an activating group) is 1. The van der Waals surface area contributed by atoms with Crippen molar-refractivity contribution in [2.24, 2.45) is 0 Å². The molecule has 1 aliphatic rings. The first kappa shape index (κ1) is 14.6. The highest BCUT2D eigenvalue weighted by molar-refractivity contribution is 7.90. The van der Waals surface area contributed by atoms with Crippen molar-refractivity contribution in [2.75, 3.05) is 20.6 Å². The van der Waals surface area contributed by atoms with Gasteiger partial charge in [-0.1, -0.05) is 12.8 Å². The highest BCUT2D eigenvalue weighted by Gasteiger charge is 2.29. The first-order valence-electron chi connectivity index (χ1n) is 6.69. The molecule has 0 aliphatic heterocycles. The Hall–Kier alpha value is -0.850. The number of furan rings is 1. The van der Waals surface area contributed by atoms with Gasteiger partial charge in [-0.2, -0.15) is 0 Å². The van der Waals surface area contributed by atoms with Gasteiger partial charge in [0, 0.05) is 6.54 Å². The number of hydrogen-bond acceptors (Lipinski definition) is 4. The lowest BCUT2D eigenvalue weighted by molar-refractivity contribution is 0.259. The lowest BCUT2D eigenvalue weighted by Crippen LogP contribution is -2.38. The Morgan fingerprint density at radius 1 is 1.42 bits per heavy atom. The van der Waals surface area contributed by atoms with Crippen molar-refractivity contribution in [3.8, 4) is 0 Å². The van der Waals surface area contributed by atoms with E-state index in [0.717, 1.165) is 31.4 Å². The van der Waals surface area contributed by atoms with Gasteiger partial charge >= 0.3 is 0 Å². The van der Waals surface area contributed by atoms with Crippen molar-refractivity contribution in [1.82, 2.24) is 9.62 Å². The summed E-state index contributed by atoms with van der Waals surface area (Å²) in [6.45, 7) is 0.347. The molecule has 1 aromatic rings. The van der Waals surface area contributed by atoms with E-state index >= 15 is 0 Å². The Bertz CT molecular complexity index is 476. The summed E-state index contributed by atoms with van der Waals surface area (Å²) in [5.41, 5.74) is 0. The predicted octanol–water partition coefficient (Wildman–Crippen LogP) is 1.74. The maximum Gasteiger partial charge on any atom is 0.214 e. The van der Waals surface area contributed by atoms with E-state index in [1.165, 1.54) is 0 Å². The van der Waals surface area contributed by atoms with Crippen molar-refractivity contribution in [3.05, 3.63) is 24.2 Å². The van der Waals surface area contributed by atoms with Gasteiger partial charge in [0.25, 0.3) is 0 Å². The van der Waals surface area contributed by atoms with Crippen LogP contribution in [-0.4, -0.2) is 39.2 Å². The van der Waals surface area contributed by atoms with Gasteiger partial charge in [-0.15, -0.1) is 0 Å². The SMILES string of the molecule is CN(C)C(CNS(=O)(=O)C1CCCC1)c1ccco1. The van der Waals surface area contributed by atoms with Crippen molar-refractivity contribution < 1.29 is 12.8 Å². The quantitative estimate of drug-likeness (QED) is 0.865. The molecule has 0 amide bonds. The molecular weight excluding hydrogens is 264 g/mol. The molecule has 1 aromatic heterocycles. The average molecular weight is 286 g/mol. The van der Waals surface area contributed by atoms with Crippen LogP contribution in [0.2, 0.25) is 0 Å². The molecule has 2 rings (SSSR count). The van der Waals surface area contributed by atoms with E-state index in [2.05, 4.69) is 4.72 Å². The Kier molecular flexibility index (Phi) is 4.65. The first-order chi connectivity index (χ1) is 9.00. The minimum absolute atomic E-state index is 0.0776. The Morgan fingerprint density at radius 3 is 2.63 bits per heavy atom. The van der Waals surface area contributed by atoms with Crippen LogP contribution in [0.3, 0.4) is 0 Å². The number of nitrogens with zero attached hydrogens (tertiary/aromatic N) is 1. The summed E-state index contributed by atoms with van der Waals surface area (Å²) < 4.78 is 32.5. The van der Waals surface area contributed by atoms with Gasteiger partial charge in [-0.25, -0.2) is 13.1 Å². The van der Waals surface area contributed by atoms with E-state index in [0.29, 0.717) is 6.54 Å². The molecule has 1 heterocycles. The van der Waals surface area contributed by atoms with Crippen molar-refractivity contribution in [3.63, 3.8) is 0 Å². The van der Waals surface area contributed by atoms with Crippen LogP contribution >= 0.6 is 0 Å². The fourth-order valence-corrected chi connectivity index (χ4v) is 4.11. The molecule has 0 saturated heterocycles. The predicted molar refractivity (Wildman–Crippen MR) is 74.3 cm³/mol. The Balaban J connectivity index is 1.99. The molecular formula is C13H22N2O3S. The maximum atomic E-state index is 12.2. The largest absolute Gasteiger partial charge is 0.468 e. The third kappa shape index (κ3) is 3.58. The van der Waals surface area contributed by atoms with Crippen LogP contribution in [0.5, 0.6) is 0 Å². The Labute approximate surface area is 115 Å². The molecule has 0 bridgehead atoms. The van der Waals surface area contributed by atoms with E-state index in [9.17, 15) is 8.42 Å². The third-order valence-corrected chi connectivity index (χ3v) is 5.63. The normalized spacial score (nSPS) is 19.1. The van der Waals surface area contributed by atoms with Crippen molar-refractivity contribution >= 4 is 10.0 Å². The van der Waals surface area contributed by atoms with E-state index in [4.69, 9.17) is 4.42 Å². The Morgan fingerprint density at radius 2 is 2.11 bits per heavy atom. The third-order valence-electron chi connectivity index (χ3n) is 3.71. The summed E-state index contributed by atoms with van der Waals surface area (Å²) >= 11 is 0. The average Bonchev–Trinajstić information content (AvgIpc) is 3.02. The molecule has 6 heteroatoms. The highest BCUT2D eigenvalue weighted by Crippen LogP contribution is 2.25. The van der Waals surface area contributed by atoms with Crippen LogP contribution in [0.4, 0.5) is 0 Å². The minimum Gasteiger partial charge on any atom is -0.468 e. The second kappa shape index (κ2) is 6.07. The minimum atomic E-state index is -3.20. The van der Waals surface area contributed by atoms with Gasteiger partial charge in [0.1, 0.15) is 5.76 Å². The molecule has 1 unspecified atom stereocenters. The molecule has 1 N–H and O–H groups in total. The van der Waals surface area contributed by atoms with Crippen LogP contribution in [0, 0.1) is 0 Å². The van der Waals surface area contributed by atoms with Gasteiger partial charge in [-0.05, 0) is 39.1 Å². The number of hydrogen-bond donors (Lipinski definition) is 1. The van der Waals surface area contributed by atoms with Crippen molar-refractivity contribution in [2.45, 2.75) is 37.0 Å². The fourth-order valence-electron chi connectivity index (χ4n) is 2.53. The second-order valence-corrected chi connectivity index (χ2v) is 7.34. The zero-order valence-electron chi connectivity index (χ0n) is 11.5. The lowest BCUT2D eigenvalue weighted by Gasteiger charge is -2.23. The second-order valence-electron chi connectivity index (χ2n) is 5.29. The van der Waals surface area contributed by atoms with Crippen molar-refractivity contribution in [1.29, 1.82) is 0 Å². The zero-order chi connectivity index (χ0) is 13.9. The molecule has 19 heavy (non-hydrogen) atoms. The molecule has 0 spiro atoms. The van der Waals surface area contributed by atoms with E-state index in [1.807, 2.05) is 31.1 Å². The van der Waals surface area contributed by atoms with E-state index in [-0.39, 0.29) is 11.3 Å². The monoisotopic (exact) mass is 286 g/mol. The smallest absolute Gasteiger partial charge is 0.214 e. The lowest BCUT2D eigenvalue weighted by atomic mass is 10.2. The van der Waals surface area contributed by atoms with Gasteiger partial charge in [0.05, 0.1) is 17.6 Å². The number of rotatable bonds is 6. The molecule has 5 nitrogen and oxygen atoms in total. The molecule has 0 radical (unpaired) electrons. The fraction of sp³-hybridized carbons (Fsp3) is 0.692. The van der Waals surface area contributed by atoms with Crippen LogP contribution in [0.1, 0.15) is 37.5 Å². The molecule has 1 aliphatic carbocycles.